The fourth-order valence-corrected chi connectivity index (χ4v) is 3.88. The van der Waals surface area contributed by atoms with Gasteiger partial charge in [-0.3, -0.25) is 15.2 Å². The number of benzene rings is 1. The largest absolute Gasteiger partial charge is 0.434 e. The van der Waals surface area contributed by atoms with Gasteiger partial charge in [-0.15, -0.1) is 10.2 Å². The van der Waals surface area contributed by atoms with E-state index in [4.69, 9.17) is 33.7 Å². The highest BCUT2D eigenvalue weighted by Crippen LogP contribution is 2.41. The van der Waals surface area contributed by atoms with Crippen LogP contribution >= 0.6 is 23.2 Å². The summed E-state index contributed by atoms with van der Waals surface area (Å²) in [7, 11) is 0. The quantitative estimate of drug-likeness (QED) is 0.519. The number of H-pyrrole nitrogens is 1. The van der Waals surface area contributed by atoms with E-state index in [-0.39, 0.29) is 39.2 Å². The Labute approximate surface area is 184 Å². The number of ether oxygens (including phenoxy) is 1. The lowest BCUT2D eigenvalue weighted by atomic mass is 9.69. The second-order valence-corrected chi connectivity index (χ2v) is 7.76. The number of nitrogens with zero attached hydrogens (tertiary/aromatic N) is 4. The van der Waals surface area contributed by atoms with Crippen molar-refractivity contribution in [3.8, 4) is 17.5 Å². The number of hydrazone groups is 1. The minimum atomic E-state index is -1.02. The van der Waals surface area contributed by atoms with Gasteiger partial charge in [-0.1, -0.05) is 23.2 Å². The number of anilines is 1. The third-order valence-corrected chi connectivity index (χ3v) is 5.62. The van der Waals surface area contributed by atoms with E-state index < -0.39 is 23.3 Å². The van der Waals surface area contributed by atoms with Crippen LogP contribution in [0.5, 0.6) is 5.75 Å². The number of hydrogen-bond acceptors (Lipinski definition) is 9. The third kappa shape index (κ3) is 3.88. The predicted octanol–water partition coefficient (Wildman–Crippen LogP) is 0.900. The number of rotatable bonds is 3. The normalized spacial score (nSPS) is 22.5. The van der Waals surface area contributed by atoms with Gasteiger partial charge in [0.2, 0.25) is 11.7 Å². The number of aliphatic hydroxyl groups excluding tert-OH is 1. The lowest BCUT2D eigenvalue weighted by molar-refractivity contribution is 0.133. The predicted molar refractivity (Wildman–Crippen MR) is 112 cm³/mol. The highest BCUT2D eigenvalue weighted by Gasteiger charge is 2.37. The van der Waals surface area contributed by atoms with Crippen LogP contribution in [0.15, 0.2) is 38.5 Å². The number of nitriles is 1. The average molecular weight is 464 g/mol. The molecule has 0 amide bonds. The van der Waals surface area contributed by atoms with E-state index in [1.54, 1.807) is 6.08 Å². The van der Waals surface area contributed by atoms with Crippen molar-refractivity contribution in [1.29, 1.82) is 5.26 Å². The van der Waals surface area contributed by atoms with Crippen LogP contribution in [0.1, 0.15) is 12.8 Å². The standard InChI is InChI=1S/C18H15Cl2N7O4/c19-11-3-8(27-18(30)23-17(29)15(22)26-27)4-12(20)14(11)31-13-5-10(16(28)25-24-13)9-2-1-7(9)6-21/h3-5,7,9,16,25,28H,1-2H2,(H2,22,26)(H,23,29,30). The summed E-state index contributed by atoms with van der Waals surface area (Å²) in [5.74, 6) is -0.542. The van der Waals surface area contributed by atoms with Crippen LogP contribution in [0, 0.1) is 23.2 Å². The zero-order chi connectivity index (χ0) is 22.3. The first-order valence-corrected chi connectivity index (χ1v) is 9.83. The minimum Gasteiger partial charge on any atom is -0.434 e. The molecule has 5 N–H and O–H groups in total. The van der Waals surface area contributed by atoms with Crippen LogP contribution in [-0.2, 0) is 0 Å². The summed E-state index contributed by atoms with van der Waals surface area (Å²) < 4.78 is 6.55. The first-order valence-electron chi connectivity index (χ1n) is 9.07. The van der Waals surface area contributed by atoms with Crippen molar-refractivity contribution in [3.63, 3.8) is 0 Å². The molecule has 0 radical (unpaired) electrons. The van der Waals surface area contributed by atoms with Crippen molar-refractivity contribution in [3.05, 3.63) is 54.7 Å². The second-order valence-electron chi connectivity index (χ2n) is 6.94. The molecular formula is C18H15Cl2N7O4. The van der Waals surface area contributed by atoms with Crippen LogP contribution in [0.4, 0.5) is 5.82 Å². The summed E-state index contributed by atoms with van der Waals surface area (Å²) in [6.45, 7) is 0. The molecule has 1 aromatic carbocycles. The Morgan fingerprint density at radius 1 is 1.29 bits per heavy atom. The Kier molecular flexibility index (Phi) is 5.45. The fraction of sp³-hybridized carbons (Fsp3) is 0.278. The first-order chi connectivity index (χ1) is 14.8. The molecule has 0 saturated heterocycles. The molecule has 2 aromatic rings. The highest BCUT2D eigenvalue weighted by molar-refractivity contribution is 6.37. The summed E-state index contributed by atoms with van der Waals surface area (Å²) >= 11 is 12.6. The van der Waals surface area contributed by atoms with Crippen LogP contribution in [0.3, 0.4) is 0 Å². The Hall–Kier alpha value is -3.33. The SMILES string of the molecule is N#CC1CCC1C1=CC(Oc2c(Cl)cc(-n3nc(N)c(=O)[nH]c3=O)cc2Cl)=NNC1O. The molecule has 13 heteroatoms. The smallest absolute Gasteiger partial charge is 0.349 e. The summed E-state index contributed by atoms with van der Waals surface area (Å²) in [5, 5.41) is 27.1. The van der Waals surface area contributed by atoms with Gasteiger partial charge in [0, 0.05) is 12.0 Å². The van der Waals surface area contributed by atoms with E-state index in [0.29, 0.717) is 5.57 Å². The number of nitrogens with two attached hydrogens (primary N) is 1. The molecule has 160 valence electrons. The number of aliphatic hydroxyl groups is 1. The second kappa shape index (κ2) is 8.07. The van der Waals surface area contributed by atoms with Gasteiger partial charge in [0.1, 0.15) is 0 Å². The van der Waals surface area contributed by atoms with E-state index in [9.17, 15) is 20.0 Å². The van der Waals surface area contributed by atoms with Crippen molar-refractivity contribution < 1.29 is 9.84 Å². The van der Waals surface area contributed by atoms with Crippen LogP contribution in [0.2, 0.25) is 10.0 Å². The van der Waals surface area contributed by atoms with Gasteiger partial charge in [-0.05, 0) is 30.5 Å². The molecule has 0 bridgehead atoms. The number of aromatic nitrogens is 3. The Balaban J connectivity index is 1.64. The van der Waals surface area contributed by atoms with Gasteiger partial charge >= 0.3 is 5.69 Å². The molecule has 11 nitrogen and oxygen atoms in total. The van der Waals surface area contributed by atoms with Crippen molar-refractivity contribution in [2.75, 3.05) is 5.73 Å². The maximum Gasteiger partial charge on any atom is 0.349 e. The summed E-state index contributed by atoms with van der Waals surface area (Å²) in [6.07, 6.45) is 2.06. The van der Waals surface area contributed by atoms with E-state index in [1.165, 1.54) is 12.1 Å². The average Bonchev–Trinajstić information content (AvgIpc) is 2.69. The molecule has 1 saturated carbocycles. The third-order valence-electron chi connectivity index (χ3n) is 5.06. The Morgan fingerprint density at radius 3 is 2.61 bits per heavy atom. The van der Waals surface area contributed by atoms with Gasteiger partial charge in [0.05, 0.1) is 27.7 Å². The van der Waals surface area contributed by atoms with Gasteiger partial charge in [-0.2, -0.15) is 9.94 Å². The van der Waals surface area contributed by atoms with Crippen molar-refractivity contribution in [2.45, 2.75) is 19.1 Å². The lowest BCUT2D eigenvalue weighted by Gasteiger charge is -2.36. The fourth-order valence-electron chi connectivity index (χ4n) is 3.33. The van der Waals surface area contributed by atoms with Crippen molar-refractivity contribution in [1.82, 2.24) is 20.2 Å². The molecule has 0 spiro atoms. The Morgan fingerprint density at radius 2 is 2.00 bits per heavy atom. The monoisotopic (exact) mass is 463 g/mol. The Bertz CT molecular complexity index is 1250. The maximum atomic E-state index is 12.0. The van der Waals surface area contributed by atoms with E-state index >= 15 is 0 Å². The zero-order valence-corrected chi connectivity index (χ0v) is 17.2. The van der Waals surface area contributed by atoms with Gasteiger partial charge in [-0.25, -0.2) is 4.79 Å². The minimum absolute atomic E-state index is 0.0308. The number of halogens is 2. The topological polar surface area (TPSA) is 171 Å². The summed E-state index contributed by atoms with van der Waals surface area (Å²) in [5.41, 5.74) is 7.11. The number of hydrogen-bond donors (Lipinski definition) is 4. The van der Waals surface area contributed by atoms with Crippen molar-refractivity contribution >= 4 is 34.9 Å². The number of nitrogens with one attached hydrogen (secondary N) is 2. The van der Waals surface area contributed by atoms with E-state index in [0.717, 1.165) is 17.5 Å². The van der Waals surface area contributed by atoms with E-state index in [1.807, 2.05) is 4.98 Å². The molecule has 4 rings (SSSR count). The van der Waals surface area contributed by atoms with Crippen LogP contribution < -0.4 is 27.1 Å². The molecule has 31 heavy (non-hydrogen) atoms. The molecule has 1 aliphatic carbocycles. The molecule has 1 aromatic heterocycles. The van der Waals surface area contributed by atoms with Crippen LogP contribution in [-0.4, -0.2) is 32.0 Å². The van der Waals surface area contributed by atoms with Gasteiger partial charge in [0.15, 0.2) is 12.0 Å². The molecule has 2 heterocycles. The first kappa shape index (κ1) is 20.9. The molecule has 3 atom stereocenters. The number of nitrogen functional groups attached to an aromatic ring is 1. The molecular weight excluding hydrogens is 449 g/mol. The molecule has 1 aliphatic heterocycles. The van der Waals surface area contributed by atoms with Crippen molar-refractivity contribution in [2.24, 2.45) is 16.9 Å². The molecule has 2 aliphatic rings. The molecule has 3 unspecified atom stereocenters. The zero-order valence-electron chi connectivity index (χ0n) is 15.7. The number of aromatic amines is 1. The molecule has 1 fully saturated rings. The van der Waals surface area contributed by atoms with Gasteiger partial charge in [0.25, 0.3) is 5.56 Å². The summed E-state index contributed by atoms with van der Waals surface area (Å²) in [4.78, 5) is 25.5. The van der Waals surface area contributed by atoms with Crippen LogP contribution in [0.25, 0.3) is 5.69 Å². The maximum absolute atomic E-state index is 12.0. The van der Waals surface area contributed by atoms with E-state index in [2.05, 4.69) is 21.7 Å². The highest BCUT2D eigenvalue weighted by atomic mass is 35.5. The summed E-state index contributed by atoms with van der Waals surface area (Å²) in [6, 6.07) is 4.92. The van der Waals surface area contributed by atoms with Gasteiger partial charge < -0.3 is 15.6 Å². The lowest BCUT2D eigenvalue weighted by Crippen LogP contribution is -2.40.